The van der Waals surface area contributed by atoms with Crippen molar-refractivity contribution >= 4 is 43.1 Å². The fraction of sp³-hybridized carbons (Fsp3) is 0. The van der Waals surface area contributed by atoms with Gasteiger partial charge in [0.15, 0.2) is 0 Å². The molecule has 7 heteroatoms. The Hall–Kier alpha value is -2.85. The summed E-state index contributed by atoms with van der Waals surface area (Å²) < 4.78 is 13.7. The van der Waals surface area contributed by atoms with Crippen LogP contribution in [0.3, 0.4) is 0 Å². The Morgan fingerprint density at radius 2 is 0.548 bits per heavy atom. The number of anilines is 4. The molecule has 0 saturated heterocycles. The van der Waals surface area contributed by atoms with Crippen molar-refractivity contribution in [1.29, 1.82) is 0 Å². The maximum absolute atomic E-state index is 7.64. The molecule has 4 N–H and O–H groups in total. The van der Waals surface area contributed by atoms with Crippen molar-refractivity contribution < 1.29 is 9.40 Å². The second-order valence-corrected chi connectivity index (χ2v) is 16.3. The Morgan fingerprint density at radius 3 is 0.742 bits per heavy atom. The molecule has 164 valence electrons. The molecule has 0 aliphatic carbocycles. The molecule has 0 aromatic heterocycles. The molecule has 0 aliphatic rings. The molecule has 31 heavy (non-hydrogen) atoms. The number of halogens is 2. The van der Waals surface area contributed by atoms with Crippen molar-refractivity contribution in [3.8, 4) is 0 Å². The van der Waals surface area contributed by atoms with Crippen LogP contribution in [0.4, 0.5) is 22.7 Å². The van der Waals surface area contributed by atoms with Gasteiger partial charge in [0.2, 0.25) is 0 Å². The first kappa shape index (κ1) is 21.4. The normalized spacial score (nSPS) is 13.4. The van der Waals surface area contributed by atoms with Gasteiger partial charge in [-0.05, 0) is 0 Å². The van der Waals surface area contributed by atoms with E-state index in [0.29, 0.717) is 0 Å². The van der Waals surface area contributed by atoms with Gasteiger partial charge in [-0.3, -0.25) is 0 Å². The number of hydrogen-bond donors (Lipinski definition) is 4. The molecule has 4 aromatic rings. The molecule has 0 atom stereocenters. The van der Waals surface area contributed by atoms with Gasteiger partial charge in [-0.2, -0.15) is 0 Å². The molecule has 0 spiro atoms. The second kappa shape index (κ2) is 8.01. The summed E-state index contributed by atoms with van der Waals surface area (Å²) in [6.07, 6.45) is 0. The van der Waals surface area contributed by atoms with E-state index in [1.807, 2.05) is 121 Å². The van der Waals surface area contributed by atoms with Crippen LogP contribution in [0.1, 0.15) is 0 Å². The summed E-state index contributed by atoms with van der Waals surface area (Å²) in [6.45, 7) is 0. The van der Waals surface area contributed by atoms with Crippen molar-refractivity contribution in [2.75, 3.05) is 17.6 Å². The van der Waals surface area contributed by atoms with Crippen molar-refractivity contribution in [2.45, 2.75) is 0 Å². The molecular formula is C24H24Cl2N4Ni. The maximum atomic E-state index is 7.64. The van der Waals surface area contributed by atoms with Gasteiger partial charge in [0.25, 0.3) is 0 Å². The van der Waals surface area contributed by atoms with Gasteiger partial charge in [0.05, 0.1) is 0 Å². The third-order valence-corrected chi connectivity index (χ3v) is 9.51. The summed E-state index contributed by atoms with van der Waals surface area (Å²) in [5.74, 6) is 0. The van der Waals surface area contributed by atoms with E-state index < -0.39 is 9.40 Å². The van der Waals surface area contributed by atoms with Crippen LogP contribution in [0.5, 0.6) is 0 Å². The predicted octanol–water partition coefficient (Wildman–Crippen LogP) is 7.63. The first-order valence-electron chi connectivity index (χ1n) is 9.51. The fourth-order valence-electron chi connectivity index (χ4n) is 2.91. The van der Waals surface area contributed by atoms with E-state index >= 15 is 0 Å². The number of nitrogens with one attached hydrogen (secondary N) is 4. The van der Waals surface area contributed by atoms with Gasteiger partial charge in [-0.1, -0.05) is 0 Å². The van der Waals surface area contributed by atoms with Crippen molar-refractivity contribution in [2.24, 2.45) is 0 Å². The van der Waals surface area contributed by atoms with E-state index in [2.05, 4.69) is 17.6 Å². The van der Waals surface area contributed by atoms with Crippen LogP contribution in [-0.4, -0.2) is 0 Å². The summed E-state index contributed by atoms with van der Waals surface area (Å²) >= 11 is 0. The van der Waals surface area contributed by atoms with Crippen LogP contribution in [0.25, 0.3) is 0 Å². The van der Waals surface area contributed by atoms with Gasteiger partial charge in [-0.15, -0.1) is 0 Å². The van der Waals surface area contributed by atoms with Gasteiger partial charge in [0.1, 0.15) is 0 Å². The molecule has 0 unspecified atom stereocenters. The molecule has 0 aliphatic heterocycles. The Kier molecular flexibility index (Phi) is 5.53. The summed E-state index contributed by atoms with van der Waals surface area (Å²) in [6, 6.07) is 38.5. The van der Waals surface area contributed by atoms with Gasteiger partial charge in [0, 0.05) is 0 Å². The third-order valence-electron chi connectivity index (χ3n) is 4.17. The molecule has 0 saturated carbocycles. The molecule has 4 aromatic carbocycles. The zero-order valence-electron chi connectivity index (χ0n) is 16.6. The van der Waals surface area contributed by atoms with Crippen molar-refractivity contribution in [3.63, 3.8) is 0 Å². The molecule has 0 amide bonds. The molecule has 0 heterocycles. The Labute approximate surface area is 190 Å². The minimum absolute atomic E-state index is 0.743. The molecule has 0 bridgehead atoms. The Bertz CT molecular complexity index is 954. The molecule has 0 radical (unpaired) electrons. The van der Waals surface area contributed by atoms with E-state index in [4.69, 9.17) is 20.4 Å². The van der Waals surface area contributed by atoms with Crippen LogP contribution < -0.4 is 17.6 Å². The third kappa shape index (κ3) is 5.26. The first-order chi connectivity index (χ1) is 14.9. The first-order valence-corrected chi connectivity index (χ1v) is 14.2. The number of hydrogen-bond acceptors (Lipinski definition) is 4. The Balaban J connectivity index is 1.91. The zero-order valence-corrected chi connectivity index (χ0v) is 19.1. The van der Waals surface area contributed by atoms with E-state index in [9.17, 15) is 0 Å². The van der Waals surface area contributed by atoms with Crippen LogP contribution in [0.15, 0.2) is 121 Å². The van der Waals surface area contributed by atoms with E-state index in [1.54, 1.807) is 0 Å². The summed E-state index contributed by atoms with van der Waals surface area (Å²) in [5.41, 5.74) is 2.97. The standard InChI is InChI=1S/4C6H6N.2ClH.Ni/c4*7-6-4-2-1-3-5-6;;;/h4*1-5,7H;2*1H;/q4*-1;;;+6/p-2. The topological polar surface area (TPSA) is 48.1 Å². The summed E-state index contributed by atoms with van der Waals surface area (Å²) in [5, 5.41) is 0. The summed E-state index contributed by atoms with van der Waals surface area (Å²) in [4.78, 5) is 0. The van der Waals surface area contributed by atoms with Gasteiger partial charge < -0.3 is 0 Å². The number of benzene rings is 4. The second-order valence-electron chi connectivity index (χ2n) is 6.78. The molecular weight excluding hydrogens is 474 g/mol. The Morgan fingerprint density at radius 1 is 0.355 bits per heavy atom. The SMILES string of the molecule is [Cl][Ni]([Cl])([NH]c1ccccc1)([NH]c1ccccc1)([NH]c1ccccc1)[NH]c1ccccc1. The van der Waals surface area contributed by atoms with Crippen LogP contribution >= 0.6 is 20.4 Å². The monoisotopic (exact) mass is 496 g/mol. The van der Waals surface area contributed by atoms with Gasteiger partial charge >= 0.3 is 191 Å². The van der Waals surface area contributed by atoms with Crippen molar-refractivity contribution in [3.05, 3.63) is 121 Å². The quantitative estimate of drug-likeness (QED) is 0.189. The average Bonchev–Trinajstić information content (AvgIpc) is 2.76. The minimum atomic E-state index is -4.90. The average molecular weight is 498 g/mol. The van der Waals surface area contributed by atoms with E-state index in [1.165, 1.54) is 0 Å². The molecule has 0 fully saturated rings. The van der Waals surface area contributed by atoms with Crippen LogP contribution in [0.2, 0.25) is 0 Å². The van der Waals surface area contributed by atoms with E-state index in [-0.39, 0.29) is 0 Å². The fourth-order valence-corrected chi connectivity index (χ4v) is 8.78. The zero-order chi connectivity index (χ0) is 21.7. The van der Waals surface area contributed by atoms with Crippen LogP contribution in [0, 0.1) is 0 Å². The molecule has 4 nitrogen and oxygen atoms in total. The summed E-state index contributed by atoms with van der Waals surface area (Å²) in [7, 11) is 10.4. The predicted molar refractivity (Wildman–Crippen MR) is 132 cm³/mol. The van der Waals surface area contributed by atoms with Crippen LogP contribution in [-0.2, 0) is 9.40 Å². The molecule has 4 rings (SSSR count). The van der Waals surface area contributed by atoms with Gasteiger partial charge in [-0.25, -0.2) is 0 Å². The van der Waals surface area contributed by atoms with E-state index in [0.717, 1.165) is 22.7 Å². The van der Waals surface area contributed by atoms with Crippen molar-refractivity contribution in [1.82, 2.24) is 0 Å². The number of para-hydroxylation sites is 4. The number of rotatable bonds is 8.